The highest BCUT2D eigenvalue weighted by Crippen LogP contribution is 2.36. The van der Waals surface area contributed by atoms with E-state index in [1.54, 1.807) is 37.6 Å². The van der Waals surface area contributed by atoms with E-state index in [1.165, 1.54) is 23.3 Å². The summed E-state index contributed by atoms with van der Waals surface area (Å²) < 4.78 is 24.5. The van der Waals surface area contributed by atoms with Gasteiger partial charge in [-0.15, -0.1) is 0 Å². The van der Waals surface area contributed by atoms with Crippen LogP contribution in [-0.4, -0.2) is 13.3 Å². The van der Waals surface area contributed by atoms with Crippen LogP contribution >= 0.6 is 11.6 Å². The number of methoxy groups -OCH3 is 1. The number of nitrogens with zero attached hydrogens (tertiary/aromatic N) is 1. The molecule has 5 heteroatoms. The SMILES string of the molecule is COc1cc(C=Nc2ccc(C)c(C)c2)cc(Cl)c1OCc1cccc(F)c1. The Kier molecular flexibility index (Phi) is 6.32. The van der Waals surface area contributed by atoms with Gasteiger partial charge in [-0.25, -0.2) is 4.39 Å². The molecular formula is C23H21ClFNO2. The van der Waals surface area contributed by atoms with Crippen molar-refractivity contribution in [1.82, 2.24) is 0 Å². The van der Waals surface area contributed by atoms with Gasteiger partial charge in [0, 0.05) is 6.21 Å². The van der Waals surface area contributed by atoms with Crippen LogP contribution in [0, 0.1) is 19.7 Å². The maximum absolute atomic E-state index is 13.3. The first-order valence-corrected chi connectivity index (χ1v) is 9.20. The molecule has 0 saturated heterocycles. The quantitative estimate of drug-likeness (QED) is 0.448. The third-order valence-electron chi connectivity index (χ3n) is 4.38. The summed E-state index contributed by atoms with van der Waals surface area (Å²) in [7, 11) is 1.55. The lowest BCUT2D eigenvalue weighted by Crippen LogP contribution is -2.00. The molecule has 0 heterocycles. The van der Waals surface area contributed by atoms with E-state index in [2.05, 4.69) is 18.8 Å². The largest absolute Gasteiger partial charge is 0.493 e. The van der Waals surface area contributed by atoms with Crippen LogP contribution in [0.2, 0.25) is 5.02 Å². The maximum Gasteiger partial charge on any atom is 0.180 e. The van der Waals surface area contributed by atoms with Gasteiger partial charge in [0.25, 0.3) is 0 Å². The highest BCUT2D eigenvalue weighted by Gasteiger charge is 2.12. The number of hydrogen-bond acceptors (Lipinski definition) is 3. The predicted molar refractivity (Wildman–Crippen MR) is 112 cm³/mol. The van der Waals surface area contributed by atoms with Gasteiger partial charge in [0.1, 0.15) is 12.4 Å². The van der Waals surface area contributed by atoms with E-state index in [-0.39, 0.29) is 12.4 Å². The van der Waals surface area contributed by atoms with Crippen molar-refractivity contribution in [3.05, 3.63) is 87.7 Å². The van der Waals surface area contributed by atoms with Crippen molar-refractivity contribution in [3.8, 4) is 11.5 Å². The second-order valence-electron chi connectivity index (χ2n) is 6.48. The molecule has 0 aliphatic rings. The molecule has 28 heavy (non-hydrogen) atoms. The van der Waals surface area contributed by atoms with Gasteiger partial charge in [-0.1, -0.05) is 29.8 Å². The Morgan fingerprint density at radius 1 is 1.04 bits per heavy atom. The summed E-state index contributed by atoms with van der Waals surface area (Å²) in [6, 6.07) is 15.8. The van der Waals surface area contributed by atoms with Crippen LogP contribution in [0.15, 0.2) is 59.6 Å². The van der Waals surface area contributed by atoms with E-state index >= 15 is 0 Å². The summed E-state index contributed by atoms with van der Waals surface area (Å²) in [5.74, 6) is 0.597. The van der Waals surface area contributed by atoms with Crippen molar-refractivity contribution in [3.63, 3.8) is 0 Å². The van der Waals surface area contributed by atoms with Crippen LogP contribution in [0.1, 0.15) is 22.3 Å². The van der Waals surface area contributed by atoms with Crippen LogP contribution in [-0.2, 0) is 6.61 Å². The Morgan fingerprint density at radius 3 is 2.57 bits per heavy atom. The van der Waals surface area contributed by atoms with Crippen LogP contribution < -0.4 is 9.47 Å². The van der Waals surface area contributed by atoms with E-state index in [1.807, 2.05) is 18.2 Å². The first kappa shape index (κ1) is 19.9. The molecule has 0 radical (unpaired) electrons. The first-order chi connectivity index (χ1) is 13.5. The fourth-order valence-electron chi connectivity index (χ4n) is 2.69. The number of rotatable bonds is 6. The van der Waals surface area contributed by atoms with Crippen LogP contribution in [0.3, 0.4) is 0 Å². The van der Waals surface area contributed by atoms with Crippen molar-refractivity contribution in [1.29, 1.82) is 0 Å². The number of hydrogen-bond donors (Lipinski definition) is 0. The van der Waals surface area contributed by atoms with Gasteiger partial charge in [-0.2, -0.15) is 0 Å². The zero-order valence-electron chi connectivity index (χ0n) is 16.0. The van der Waals surface area contributed by atoms with Crippen LogP contribution in [0.4, 0.5) is 10.1 Å². The summed E-state index contributed by atoms with van der Waals surface area (Å²) in [5.41, 5.74) is 4.77. The lowest BCUT2D eigenvalue weighted by Gasteiger charge is -2.13. The Morgan fingerprint density at radius 2 is 1.86 bits per heavy atom. The average molecular weight is 398 g/mol. The molecule has 0 spiro atoms. The minimum atomic E-state index is -0.308. The monoisotopic (exact) mass is 397 g/mol. The molecule has 0 fully saturated rings. The third kappa shape index (κ3) is 4.90. The van der Waals surface area contributed by atoms with Crippen LogP contribution in [0.5, 0.6) is 11.5 Å². The summed E-state index contributed by atoms with van der Waals surface area (Å²) in [5, 5.41) is 0.400. The summed E-state index contributed by atoms with van der Waals surface area (Å²) in [6.07, 6.45) is 1.73. The molecule has 3 nitrogen and oxygen atoms in total. The Balaban J connectivity index is 1.80. The van der Waals surface area contributed by atoms with E-state index < -0.39 is 0 Å². The Labute approximate surface area is 169 Å². The topological polar surface area (TPSA) is 30.8 Å². The Hall–Kier alpha value is -2.85. The standard InChI is InChI=1S/C23H21ClFNO2/c1-15-7-8-20(9-16(15)2)26-13-18-11-21(24)23(22(12-18)27-3)28-14-17-5-4-6-19(25)10-17/h4-13H,14H2,1-3H3. The molecule has 0 atom stereocenters. The molecule has 0 aliphatic heterocycles. The molecule has 3 rings (SSSR count). The van der Waals surface area contributed by atoms with Crippen LogP contribution in [0.25, 0.3) is 0 Å². The summed E-state index contributed by atoms with van der Waals surface area (Å²) >= 11 is 6.40. The van der Waals surface area contributed by atoms with Gasteiger partial charge < -0.3 is 9.47 Å². The zero-order valence-corrected chi connectivity index (χ0v) is 16.8. The molecule has 0 aliphatic carbocycles. The molecule has 0 bridgehead atoms. The predicted octanol–water partition coefficient (Wildman–Crippen LogP) is 6.43. The highest BCUT2D eigenvalue weighted by atomic mass is 35.5. The van der Waals surface area contributed by atoms with Crippen molar-refractivity contribution in [2.75, 3.05) is 7.11 Å². The molecule has 0 unspecified atom stereocenters. The van der Waals surface area contributed by atoms with E-state index in [4.69, 9.17) is 21.1 Å². The van der Waals surface area contributed by atoms with Gasteiger partial charge in [-0.3, -0.25) is 4.99 Å². The third-order valence-corrected chi connectivity index (χ3v) is 4.66. The molecule has 0 amide bonds. The average Bonchev–Trinajstić information content (AvgIpc) is 2.67. The molecule has 144 valence electrons. The number of aliphatic imine (C=N–C) groups is 1. The summed E-state index contributed by atoms with van der Waals surface area (Å²) in [6.45, 7) is 4.30. The fourth-order valence-corrected chi connectivity index (χ4v) is 2.97. The fraction of sp³-hybridized carbons (Fsp3) is 0.174. The zero-order chi connectivity index (χ0) is 20.1. The first-order valence-electron chi connectivity index (χ1n) is 8.82. The lowest BCUT2D eigenvalue weighted by atomic mass is 10.1. The van der Waals surface area contributed by atoms with Gasteiger partial charge in [0.05, 0.1) is 17.8 Å². The lowest BCUT2D eigenvalue weighted by molar-refractivity contribution is 0.284. The second-order valence-corrected chi connectivity index (χ2v) is 6.89. The van der Waals surface area contributed by atoms with Crippen molar-refractivity contribution in [2.24, 2.45) is 4.99 Å². The van der Waals surface area contributed by atoms with E-state index in [0.717, 1.165) is 11.3 Å². The van der Waals surface area contributed by atoms with Gasteiger partial charge in [0.2, 0.25) is 0 Å². The number of halogens is 2. The van der Waals surface area contributed by atoms with Crippen molar-refractivity contribution in [2.45, 2.75) is 20.5 Å². The van der Waals surface area contributed by atoms with E-state index in [0.29, 0.717) is 22.1 Å². The molecule has 0 saturated carbocycles. The minimum absolute atomic E-state index is 0.184. The van der Waals surface area contributed by atoms with Crippen molar-refractivity contribution < 1.29 is 13.9 Å². The smallest absolute Gasteiger partial charge is 0.180 e. The molecular weight excluding hydrogens is 377 g/mol. The molecule has 0 N–H and O–H groups in total. The summed E-state index contributed by atoms with van der Waals surface area (Å²) in [4.78, 5) is 4.51. The van der Waals surface area contributed by atoms with Gasteiger partial charge >= 0.3 is 0 Å². The van der Waals surface area contributed by atoms with Crippen molar-refractivity contribution >= 4 is 23.5 Å². The van der Waals surface area contributed by atoms with E-state index in [9.17, 15) is 4.39 Å². The molecule has 3 aromatic carbocycles. The normalized spacial score (nSPS) is 11.0. The maximum atomic E-state index is 13.3. The number of benzene rings is 3. The highest BCUT2D eigenvalue weighted by molar-refractivity contribution is 6.32. The molecule has 3 aromatic rings. The number of aryl methyl sites for hydroxylation is 2. The second kappa shape index (κ2) is 8.89. The Bertz CT molecular complexity index is 1020. The molecule has 0 aromatic heterocycles. The number of ether oxygens (including phenoxy) is 2. The minimum Gasteiger partial charge on any atom is -0.493 e. The van der Waals surface area contributed by atoms with Gasteiger partial charge in [0.15, 0.2) is 11.5 Å². The van der Waals surface area contributed by atoms with Gasteiger partial charge in [-0.05, 0) is 72.5 Å².